The standard InChI is InChI=1S/C36H49NO8/c1-20-27-17-26-18-30(42-22(3)38)21(2)32(35(26,6)7)33(43-23(4)39)34(44-24(5)40)36(27,8)16-15-29(20)45-31(41)19-28(37-9)25-13-11-10-12-14-25/h10-14,26-30,33-34,37H,1,15-19H2,2-9H3/t26-,27-,28?,29+,30+,33-,34+,36-/m1/s1. The molecule has 1 unspecified atom stereocenters. The molecule has 1 aromatic rings. The van der Waals surface area contributed by atoms with Gasteiger partial charge in [0, 0.05) is 32.2 Å². The minimum absolute atomic E-state index is 0.000773. The van der Waals surface area contributed by atoms with Gasteiger partial charge in [0.2, 0.25) is 0 Å². The van der Waals surface area contributed by atoms with Gasteiger partial charge in [0.25, 0.3) is 0 Å². The highest BCUT2D eigenvalue weighted by molar-refractivity contribution is 5.71. The molecule has 2 saturated carbocycles. The van der Waals surface area contributed by atoms with Crippen molar-refractivity contribution in [3.63, 3.8) is 0 Å². The van der Waals surface area contributed by atoms with Crippen molar-refractivity contribution in [3.05, 3.63) is 59.2 Å². The Morgan fingerprint density at radius 3 is 2.11 bits per heavy atom. The fourth-order valence-electron chi connectivity index (χ4n) is 8.20. The van der Waals surface area contributed by atoms with Gasteiger partial charge in [-0.25, -0.2) is 0 Å². The number of hydrogen-bond acceptors (Lipinski definition) is 9. The zero-order valence-electron chi connectivity index (χ0n) is 27.9. The Kier molecular flexibility index (Phi) is 10.3. The fraction of sp³-hybridized carbons (Fsp3) is 0.611. The first-order chi connectivity index (χ1) is 21.1. The summed E-state index contributed by atoms with van der Waals surface area (Å²) in [6, 6.07) is 9.56. The number of fused-ring (bicyclic) bond motifs is 3. The summed E-state index contributed by atoms with van der Waals surface area (Å²) < 4.78 is 24.1. The molecule has 3 aliphatic carbocycles. The summed E-state index contributed by atoms with van der Waals surface area (Å²) >= 11 is 0. The molecule has 0 aromatic heterocycles. The highest BCUT2D eigenvalue weighted by Crippen LogP contribution is 2.60. The lowest BCUT2D eigenvalue weighted by Gasteiger charge is -2.58. The van der Waals surface area contributed by atoms with Crippen LogP contribution in [0.5, 0.6) is 0 Å². The Bertz CT molecular complexity index is 1350. The molecule has 0 radical (unpaired) electrons. The van der Waals surface area contributed by atoms with Gasteiger partial charge in [-0.2, -0.15) is 0 Å². The Hall–Kier alpha value is -3.46. The molecule has 4 rings (SSSR count). The van der Waals surface area contributed by atoms with E-state index in [9.17, 15) is 19.2 Å². The van der Waals surface area contributed by atoms with Crippen LogP contribution < -0.4 is 5.32 Å². The van der Waals surface area contributed by atoms with Crippen molar-refractivity contribution in [2.24, 2.45) is 22.7 Å². The molecule has 246 valence electrons. The lowest BCUT2D eigenvalue weighted by atomic mass is 9.50. The smallest absolute Gasteiger partial charge is 0.308 e. The third-order valence-electron chi connectivity index (χ3n) is 10.5. The fourth-order valence-corrected chi connectivity index (χ4v) is 8.20. The zero-order chi connectivity index (χ0) is 33.3. The van der Waals surface area contributed by atoms with Gasteiger partial charge in [0.05, 0.1) is 6.42 Å². The third kappa shape index (κ3) is 7.03. The van der Waals surface area contributed by atoms with Crippen molar-refractivity contribution in [2.75, 3.05) is 7.05 Å². The van der Waals surface area contributed by atoms with E-state index in [0.717, 1.165) is 22.3 Å². The highest BCUT2D eigenvalue weighted by atomic mass is 16.6. The predicted octanol–water partition coefficient (Wildman–Crippen LogP) is 5.78. The first-order valence-electron chi connectivity index (χ1n) is 15.9. The average molecular weight is 624 g/mol. The van der Waals surface area contributed by atoms with Gasteiger partial charge in [-0.3, -0.25) is 19.2 Å². The topological polar surface area (TPSA) is 117 Å². The van der Waals surface area contributed by atoms with Gasteiger partial charge >= 0.3 is 23.9 Å². The minimum atomic E-state index is -0.899. The molecule has 0 spiro atoms. The van der Waals surface area contributed by atoms with Crippen molar-refractivity contribution in [2.45, 2.75) is 111 Å². The summed E-state index contributed by atoms with van der Waals surface area (Å²) in [5.41, 5.74) is 2.21. The van der Waals surface area contributed by atoms with Crippen molar-refractivity contribution >= 4 is 23.9 Å². The van der Waals surface area contributed by atoms with Gasteiger partial charge in [-0.15, -0.1) is 0 Å². The molecule has 0 heterocycles. The maximum atomic E-state index is 13.3. The van der Waals surface area contributed by atoms with Crippen LogP contribution in [0.3, 0.4) is 0 Å². The van der Waals surface area contributed by atoms with E-state index in [0.29, 0.717) is 25.7 Å². The molecule has 45 heavy (non-hydrogen) atoms. The Morgan fingerprint density at radius 1 is 0.911 bits per heavy atom. The number of carbonyl (C=O) groups is 4. The predicted molar refractivity (Wildman–Crippen MR) is 169 cm³/mol. The summed E-state index contributed by atoms with van der Waals surface area (Å²) in [6.07, 6.45) is -0.375. The van der Waals surface area contributed by atoms with Crippen LogP contribution in [0.15, 0.2) is 53.6 Å². The van der Waals surface area contributed by atoms with E-state index in [1.165, 1.54) is 20.8 Å². The third-order valence-corrected chi connectivity index (χ3v) is 10.5. The molecule has 9 heteroatoms. The van der Waals surface area contributed by atoms with Crippen LogP contribution in [0.4, 0.5) is 0 Å². The second kappa shape index (κ2) is 13.5. The molecule has 2 bridgehead atoms. The molecule has 8 atom stereocenters. The van der Waals surface area contributed by atoms with E-state index in [2.05, 4.69) is 32.7 Å². The van der Waals surface area contributed by atoms with Gasteiger partial charge in [0.15, 0.2) is 6.10 Å². The summed E-state index contributed by atoms with van der Waals surface area (Å²) in [6.45, 7) is 16.8. The number of esters is 4. The van der Waals surface area contributed by atoms with E-state index >= 15 is 0 Å². The number of ether oxygens (including phenoxy) is 4. The Labute approximate surface area is 267 Å². The number of rotatable bonds is 8. The lowest BCUT2D eigenvalue weighted by Crippen LogP contribution is -2.59. The summed E-state index contributed by atoms with van der Waals surface area (Å²) in [5, 5.41) is 3.21. The molecule has 2 fully saturated rings. The molecule has 0 saturated heterocycles. The molecule has 9 nitrogen and oxygen atoms in total. The largest absolute Gasteiger partial charge is 0.458 e. The SMILES string of the molecule is C=C1[C@@H](OC(=O)CC(NC)c2ccccc2)CC[C@]2(C)[C@@H]1C[C@@H]1C[C@H](OC(C)=O)C(C)=C([C@@H](OC(C)=O)[C@@H]2OC(C)=O)C1(C)C. The van der Waals surface area contributed by atoms with E-state index in [1.807, 2.05) is 44.3 Å². The first-order valence-corrected chi connectivity index (χ1v) is 15.9. The van der Waals surface area contributed by atoms with Gasteiger partial charge in [-0.05, 0) is 79.2 Å². The van der Waals surface area contributed by atoms with Crippen molar-refractivity contribution in [3.8, 4) is 0 Å². The van der Waals surface area contributed by atoms with Gasteiger partial charge in [0.1, 0.15) is 18.3 Å². The number of nitrogens with one attached hydrogen (secondary N) is 1. The molecular formula is C36H49NO8. The molecule has 1 N–H and O–H groups in total. The Balaban J connectivity index is 1.74. The number of carbonyl (C=O) groups excluding carboxylic acids is 4. The molecule has 1 aromatic carbocycles. The summed E-state index contributed by atoms with van der Waals surface area (Å²) in [7, 11) is 1.82. The van der Waals surface area contributed by atoms with E-state index in [-0.39, 0.29) is 30.3 Å². The van der Waals surface area contributed by atoms with Crippen LogP contribution in [0.2, 0.25) is 0 Å². The van der Waals surface area contributed by atoms with Crippen LogP contribution in [0.25, 0.3) is 0 Å². The van der Waals surface area contributed by atoms with Crippen molar-refractivity contribution < 1.29 is 38.1 Å². The first kappa shape index (κ1) is 34.4. The molecule has 3 aliphatic rings. The van der Waals surface area contributed by atoms with E-state index in [1.54, 1.807) is 0 Å². The van der Waals surface area contributed by atoms with Crippen LogP contribution in [-0.4, -0.2) is 55.3 Å². The number of benzene rings is 1. The second-order valence-corrected chi connectivity index (χ2v) is 13.8. The monoisotopic (exact) mass is 623 g/mol. The van der Waals surface area contributed by atoms with E-state index < -0.39 is 53.2 Å². The van der Waals surface area contributed by atoms with Crippen LogP contribution in [-0.2, 0) is 38.1 Å². The average Bonchev–Trinajstić information content (AvgIpc) is 2.95. The number of hydrogen-bond donors (Lipinski definition) is 1. The second-order valence-electron chi connectivity index (χ2n) is 13.8. The maximum Gasteiger partial charge on any atom is 0.308 e. The summed E-state index contributed by atoms with van der Waals surface area (Å²) in [5.74, 6) is -1.97. The molecule has 0 aliphatic heterocycles. The summed E-state index contributed by atoms with van der Waals surface area (Å²) in [4.78, 5) is 50.8. The maximum absolute atomic E-state index is 13.3. The van der Waals surface area contributed by atoms with Crippen LogP contribution in [0.1, 0.15) is 92.2 Å². The Morgan fingerprint density at radius 2 is 1.53 bits per heavy atom. The quantitative estimate of drug-likeness (QED) is 0.218. The van der Waals surface area contributed by atoms with E-state index in [4.69, 9.17) is 18.9 Å². The molecular weight excluding hydrogens is 574 g/mol. The van der Waals surface area contributed by atoms with Crippen LogP contribution >= 0.6 is 0 Å². The van der Waals surface area contributed by atoms with Gasteiger partial charge in [-0.1, -0.05) is 57.7 Å². The zero-order valence-corrected chi connectivity index (χ0v) is 27.9. The lowest BCUT2D eigenvalue weighted by molar-refractivity contribution is -0.187. The highest BCUT2D eigenvalue weighted by Gasteiger charge is 2.60. The van der Waals surface area contributed by atoms with Crippen molar-refractivity contribution in [1.29, 1.82) is 0 Å². The van der Waals surface area contributed by atoms with Gasteiger partial charge < -0.3 is 24.3 Å². The normalized spacial score (nSPS) is 31.4. The minimum Gasteiger partial charge on any atom is -0.458 e. The molecule has 0 amide bonds. The van der Waals surface area contributed by atoms with Crippen LogP contribution in [0, 0.1) is 22.7 Å². The van der Waals surface area contributed by atoms with Crippen molar-refractivity contribution in [1.82, 2.24) is 5.32 Å².